The van der Waals surface area contributed by atoms with E-state index in [0.717, 1.165) is 4.57 Å². The van der Waals surface area contributed by atoms with Gasteiger partial charge in [-0.15, -0.1) is 0 Å². The molecule has 7 heteroatoms. The number of nitrogens with zero attached hydrogens (tertiary/aromatic N) is 2. The van der Waals surface area contributed by atoms with E-state index in [1.807, 2.05) is 20.8 Å². The van der Waals surface area contributed by atoms with E-state index < -0.39 is 36.3 Å². The minimum Gasteiger partial charge on any atom is -0.396 e. The molecule has 2 rings (SSSR count). The summed E-state index contributed by atoms with van der Waals surface area (Å²) in [6, 6.07) is 0.0505. The van der Waals surface area contributed by atoms with Crippen molar-refractivity contribution < 1.29 is 19.0 Å². The number of aliphatic hydroxyl groups is 2. The van der Waals surface area contributed by atoms with Crippen LogP contribution in [0.1, 0.15) is 38.9 Å². The minimum atomic E-state index is -3.47. The summed E-state index contributed by atoms with van der Waals surface area (Å²) in [6.07, 6.45) is -0.830. The Morgan fingerprint density at radius 2 is 2.10 bits per heavy atom. The average Bonchev–Trinajstić information content (AvgIpc) is 2.60. The molecule has 0 aliphatic heterocycles. The van der Waals surface area contributed by atoms with Crippen molar-refractivity contribution in [3.63, 3.8) is 0 Å². The fourth-order valence-electron chi connectivity index (χ4n) is 2.63. The molecule has 5 nitrogen and oxygen atoms in total. The Labute approximate surface area is 121 Å². The van der Waals surface area contributed by atoms with Crippen LogP contribution >= 0.6 is 0 Å². The van der Waals surface area contributed by atoms with Crippen molar-refractivity contribution >= 4 is 0 Å². The van der Waals surface area contributed by atoms with Gasteiger partial charge in [-0.2, -0.15) is 4.98 Å². The van der Waals surface area contributed by atoms with Gasteiger partial charge in [0.25, 0.3) is 5.92 Å². The van der Waals surface area contributed by atoms with Crippen LogP contribution < -0.4 is 5.69 Å². The first kappa shape index (κ1) is 16.0. The number of hydrogen-bond donors (Lipinski definition) is 2. The maximum absolute atomic E-state index is 14.1. The van der Waals surface area contributed by atoms with Gasteiger partial charge >= 0.3 is 5.69 Å². The van der Waals surface area contributed by atoms with E-state index in [9.17, 15) is 18.7 Å². The molecular formula is C14H20F2N2O3. The van der Waals surface area contributed by atoms with Crippen molar-refractivity contribution in [3.8, 4) is 0 Å². The average molecular weight is 302 g/mol. The zero-order valence-corrected chi connectivity index (χ0v) is 12.3. The second-order valence-corrected chi connectivity index (χ2v) is 6.57. The van der Waals surface area contributed by atoms with Gasteiger partial charge < -0.3 is 10.2 Å². The highest BCUT2D eigenvalue weighted by atomic mass is 19.3. The van der Waals surface area contributed by atoms with Crippen LogP contribution in [0.25, 0.3) is 0 Å². The molecule has 3 atom stereocenters. The monoisotopic (exact) mass is 302 g/mol. The molecule has 118 valence electrons. The molecule has 1 heterocycles. The number of alkyl halides is 2. The van der Waals surface area contributed by atoms with Crippen LogP contribution in [-0.2, 0) is 5.41 Å². The van der Waals surface area contributed by atoms with E-state index in [4.69, 9.17) is 5.11 Å². The molecule has 21 heavy (non-hydrogen) atoms. The summed E-state index contributed by atoms with van der Waals surface area (Å²) in [7, 11) is 0. The third kappa shape index (κ3) is 2.72. The zero-order valence-electron chi connectivity index (χ0n) is 12.3. The Morgan fingerprint density at radius 3 is 2.52 bits per heavy atom. The van der Waals surface area contributed by atoms with Crippen LogP contribution in [0.4, 0.5) is 8.78 Å². The predicted molar refractivity (Wildman–Crippen MR) is 72.4 cm³/mol. The van der Waals surface area contributed by atoms with Crippen LogP contribution in [0, 0.1) is 5.92 Å². The van der Waals surface area contributed by atoms with E-state index >= 15 is 0 Å². The van der Waals surface area contributed by atoms with Crippen molar-refractivity contribution in [2.45, 2.75) is 50.7 Å². The van der Waals surface area contributed by atoms with Gasteiger partial charge in [-0.3, -0.25) is 4.57 Å². The number of aliphatic hydroxyl groups excluding tert-OH is 2. The van der Waals surface area contributed by atoms with Gasteiger partial charge in [-0.1, -0.05) is 20.8 Å². The molecule has 2 N–H and O–H groups in total. The largest absolute Gasteiger partial charge is 0.396 e. The molecule has 0 saturated heterocycles. The van der Waals surface area contributed by atoms with Crippen molar-refractivity contribution in [3.05, 3.63) is 28.4 Å². The second kappa shape index (κ2) is 5.14. The fourth-order valence-corrected chi connectivity index (χ4v) is 2.63. The lowest BCUT2D eigenvalue weighted by Crippen LogP contribution is -2.41. The third-order valence-corrected chi connectivity index (χ3v) is 3.98. The predicted octanol–water partition coefficient (Wildman–Crippen LogP) is 1.09. The molecule has 1 aromatic rings. The van der Waals surface area contributed by atoms with Crippen LogP contribution in [0.5, 0.6) is 0 Å². The van der Waals surface area contributed by atoms with Gasteiger partial charge in [0.15, 0.2) is 0 Å². The number of hydrogen-bond acceptors (Lipinski definition) is 4. The molecule has 1 saturated carbocycles. The van der Waals surface area contributed by atoms with Crippen LogP contribution in [0.3, 0.4) is 0 Å². The summed E-state index contributed by atoms with van der Waals surface area (Å²) < 4.78 is 29.0. The summed E-state index contributed by atoms with van der Waals surface area (Å²) in [4.78, 5) is 15.9. The van der Waals surface area contributed by atoms with E-state index in [1.165, 1.54) is 12.3 Å². The van der Waals surface area contributed by atoms with Gasteiger partial charge in [0.05, 0.1) is 5.69 Å². The van der Waals surface area contributed by atoms with Crippen molar-refractivity contribution in [1.82, 2.24) is 9.55 Å². The van der Waals surface area contributed by atoms with Gasteiger partial charge in [-0.25, -0.2) is 13.6 Å². The van der Waals surface area contributed by atoms with Crippen LogP contribution in [0.15, 0.2) is 17.1 Å². The lowest BCUT2D eigenvalue weighted by Gasteiger charge is -2.24. The number of halogens is 2. The lowest BCUT2D eigenvalue weighted by molar-refractivity contribution is -0.123. The molecule has 1 aromatic heterocycles. The Hall–Kier alpha value is -1.34. The van der Waals surface area contributed by atoms with Crippen molar-refractivity contribution in [1.29, 1.82) is 0 Å². The van der Waals surface area contributed by atoms with Gasteiger partial charge in [-0.05, 0) is 12.5 Å². The Morgan fingerprint density at radius 1 is 1.48 bits per heavy atom. The molecule has 1 aliphatic carbocycles. The maximum Gasteiger partial charge on any atom is 0.348 e. The summed E-state index contributed by atoms with van der Waals surface area (Å²) in [5, 5.41) is 18.6. The Kier molecular flexibility index (Phi) is 3.92. The summed E-state index contributed by atoms with van der Waals surface area (Å²) >= 11 is 0. The molecular weight excluding hydrogens is 282 g/mol. The van der Waals surface area contributed by atoms with E-state index in [0.29, 0.717) is 5.69 Å². The molecule has 0 spiro atoms. The Balaban J connectivity index is 2.42. The third-order valence-electron chi connectivity index (χ3n) is 3.98. The molecule has 0 aromatic carbocycles. The lowest BCUT2D eigenvalue weighted by atomic mass is 9.92. The van der Waals surface area contributed by atoms with Crippen molar-refractivity contribution in [2.24, 2.45) is 5.92 Å². The topological polar surface area (TPSA) is 75.3 Å². The summed E-state index contributed by atoms with van der Waals surface area (Å²) in [5.41, 5.74) is -0.606. The smallest absolute Gasteiger partial charge is 0.348 e. The van der Waals surface area contributed by atoms with E-state index in [-0.39, 0.29) is 11.8 Å². The van der Waals surface area contributed by atoms with Gasteiger partial charge in [0.1, 0.15) is 12.1 Å². The number of rotatable bonds is 2. The normalized spacial score (nSPS) is 28.8. The van der Waals surface area contributed by atoms with Gasteiger partial charge in [0.2, 0.25) is 0 Å². The van der Waals surface area contributed by atoms with E-state index in [1.54, 1.807) is 0 Å². The van der Waals surface area contributed by atoms with Crippen LogP contribution in [0.2, 0.25) is 0 Å². The Bertz CT molecular complexity index is 580. The molecule has 1 unspecified atom stereocenters. The highest BCUT2D eigenvalue weighted by Gasteiger charge is 2.57. The summed E-state index contributed by atoms with van der Waals surface area (Å²) in [6.45, 7) is 5.06. The zero-order chi connectivity index (χ0) is 16.0. The molecule has 0 bridgehead atoms. The molecule has 0 radical (unpaired) electrons. The van der Waals surface area contributed by atoms with E-state index in [2.05, 4.69) is 4.98 Å². The van der Waals surface area contributed by atoms with Gasteiger partial charge in [0, 0.05) is 24.1 Å². The quantitative estimate of drug-likeness (QED) is 0.857. The fraction of sp³-hybridized carbons (Fsp3) is 0.714. The highest BCUT2D eigenvalue weighted by Crippen LogP contribution is 2.46. The highest BCUT2D eigenvalue weighted by molar-refractivity contribution is 5.12. The first-order chi connectivity index (χ1) is 9.59. The summed E-state index contributed by atoms with van der Waals surface area (Å²) in [5.74, 6) is -4.42. The first-order valence-corrected chi connectivity index (χ1v) is 6.85. The maximum atomic E-state index is 14.1. The standard InChI is InChI=1S/C14H20F2N2O3/c1-13(2,3)9-4-5-18(12(21)17-9)10-6-8(7-19)11(20)14(10,15)16/h4-5,8,10-11,19-20H,6-7H2,1-3H3/t8-,10?,11-/m1/s1. The SMILES string of the molecule is CC(C)(C)c1ccn(C2C[C@H](CO)[C@@H](O)C2(F)F)c(=O)n1. The first-order valence-electron chi connectivity index (χ1n) is 6.85. The van der Waals surface area contributed by atoms with Crippen LogP contribution in [-0.4, -0.2) is 38.4 Å². The van der Waals surface area contributed by atoms with Crippen molar-refractivity contribution in [2.75, 3.05) is 6.61 Å². The molecule has 0 amide bonds. The molecule has 1 fully saturated rings. The molecule has 1 aliphatic rings. The second-order valence-electron chi connectivity index (χ2n) is 6.57. The minimum absolute atomic E-state index is 0.166. The number of aromatic nitrogens is 2.